The molecular formula is C30H34N4O4. The molecule has 1 aromatic heterocycles. The molecule has 0 radical (unpaired) electrons. The maximum Gasteiger partial charge on any atom is 0.273 e. The van der Waals surface area contributed by atoms with Gasteiger partial charge in [0, 0.05) is 35.8 Å². The summed E-state index contributed by atoms with van der Waals surface area (Å²) in [7, 11) is 1.63. The Hall–Kier alpha value is -4.20. The molecule has 0 atom stereocenters. The van der Waals surface area contributed by atoms with Crippen molar-refractivity contribution in [3.05, 3.63) is 83.7 Å². The Morgan fingerprint density at radius 1 is 1.00 bits per heavy atom. The Morgan fingerprint density at radius 2 is 1.84 bits per heavy atom. The molecule has 1 aliphatic rings. The van der Waals surface area contributed by atoms with Crippen LogP contribution in [-0.2, 0) is 0 Å². The molecule has 4 rings (SSSR count). The molecule has 2 aromatic carbocycles. The third-order valence-corrected chi connectivity index (χ3v) is 6.33. The highest BCUT2D eigenvalue weighted by molar-refractivity contribution is 6.05. The Morgan fingerprint density at radius 3 is 2.58 bits per heavy atom. The summed E-state index contributed by atoms with van der Waals surface area (Å²) >= 11 is 0. The van der Waals surface area contributed by atoms with Crippen LogP contribution in [0.2, 0.25) is 0 Å². The third kappa shape index (κ3) is 6.97. The molecule has 1 aliphatic heterocycles. The van der Waals surface area contributed by atoms with Crippen molar-refractivity contribution >= 4 is 23.2 Å². The SMILES string of the molecule is CCCCCCOc1cc(C2=NN(C(=O)c3ccc(NC(=O)c4cccnc4)cc3)CCC2)ccc1OC. The fourth-order valence-corrected chi connectivity index (χ4v) is 4.22. The number of anilines is 1. The number of amides is 2. The molecule has 0 unspecified atom stereocenters. The second-order valence-electron chi connectivity index (χ2n) is 9.13. The number of aromatic nitrogens is 1. The quantitative estimate of drug-likeness (QED) is 0.320. The number of pyridine rings is 1. The summed E-state index contributed by atoms with van der Waals surface area (Å²) in [6, 6.07) is 16.0. The number of unbranched alkanes of at least 4 members (excludes halogenated alkanes) is 3. The van der Waals surface area contributed by atoms with Gasteiger partial charge < -0.3 is 14.8 Å². The van der Waals surface area contributed by atoms with Crippen molar-refractivity contribution in [2.75, 3.05) is 25.6 Å². The first kappa shape index (κ1) is 26.9. The number of hydrazone groups is 1. The fourth-order valence-electron chi connectivity index (χ4n) is 4.22. The molecule has 2 amide bonds. The molecule has 0 saturated carbocycles. The van der Waals surface area contributed by atoms with E-state index in [-0.39, 0.29) is 11.8 Å². The van der Waals surface area contributed by atoms with E-state index in [1.807, 2.05) is 18.2 Å². The van der Waals surface area contributed by atoms with Gasteiger partial charge in [-0.15, -0.1) is 0 Å². The van der Waals surface area contributed by atoms with Gasteiger partial charge in [-0.1, -0.05) is 26.2 Å². The second kappa shape index (κ2) is 13.4. The van der Waals surface area contributed by atoms with Crippen LogP contribution in [-0.4, -0.2) is 47.8 Å². The second-order valence-corrected chi connectivity index (χ2v) is 9.13. The lowest BCUT2D eigenvalue weighted by molar-refractivity contribution is 0.0751. The molecule has 0 fully saturated rings. The molecule has 3 aromatic rings. The van der Waals surface area contributed by atoms with Gasteiger partial charge in [0.15, 0.2) is 11.5 Å². The highest BCUT2D eigenvalue weighted by atomic mass is 16.5. The first-order valence-electron chi connectivity index (χ1n) is 13.1. The van der Waals surface area contributed by atoms with E-state index in [2.05, 4.69) is 22.3 Å². The number of carbonyl (C=O) groups excluding carboxylic acids is 2. The Labute approximate surface area is 223 Å². The molecule has 0 saturated heterocycles. The lowest BCUT2D eigenvalue weighted by Crippen LogP contribution is -2.32. The lowest BCUT2D eigenvalue weighted by Gasteiger charge is -2.24. The Kier molecular flexibility index (Phi) is 9.45. The van der Waals surface area contributed by atoms with Crippen molar-refractivity contribution in [2.24, 2.45) is 5.10 Å². The van der Waals surface area contributed by atoms with Gasteiger partial charge in [0.25, 0.3) is 11.8 Å². The highest BCUT2D eigenvalue weighted by Gasteiger charge is 2.22. The van der Waals surface area contributed by atoms with E-state index >= 15 is 0 Å². The number of nitrogens with zero attached hydrogens (tertiary/aromatic N) is 3. The zero-order valence-electron chi connectivity index (χ0n) is 22.0. The minimum absolute atomic E-state index is 0.187. The summed E-state index contributed by atoms with van der Waals surface area (Å²) < 4.78 is 11.5. The van der Waals surface area contributed by atoms with Crippen LogP contribution < -0.4 is 14.8 Å². The number of nitrogens with one attached hydrogen (secondary N) is 1. The standard InChI is InChI=1S/C30H34N4O4/c1-3-4-5-6-19-38-28-20-23(13-16-27(28)37-2)26-10-8-18-34(33-26)30(36)22-11-14-25(15-12-22)32-29(35)24-9-7-17-31-21-24/h7,9,11-17,20-21H,3-6,8,10,18-19H2,1-2H3,(H,32,35). The molecule has 198 valence electrons. The van der Waals surface area contributed by atoms with E-state index in [1.54, 1.807) is 49.7 Å². The van der Waals surface area contributed by atoms with E-state index < -0.39 is 0 Å². The zero-order chi connectivity index (χ0) is 26.7. The van der Waals surface area contributed by atoms with Crippen molar-refractivity contribution in [1.82, 2.24) is 9.99 Å². The van der Waals surface area contributed by atoms with E-state index in [4.69, 9.17) is 9.47 Å². The summed E-state index contributed by atoms with van der Waals surface area (Å²) in [5.41, 5.74) is 3.31. The molecule has 2 heterocycles. The average Bonchev–Trinajstić information content (AvgIpc) is 2.97. The van der Waals surface area contributed by atoms with Crippen molar-refractivity contribution in [3.8, 4) is 11.5 Å². The lowest BCUT2D eigenvalue weighted by atomic mass is 10.0. The first-order chi connectivity index (χ1) is 18.6. The topological polar surface area (TPSA) is 93.1 Å². The molecular weight excluding hydrogens is 480 g/mol. The maximum atomic E-state index is 13.2. The summed E-state index contributed by atoms with van der Waals surface area (Å²) in [4.78, 5) is 29.5. The van der Waals surface area contributed by atoms with E-state index in [9.17, 15) is 9.59 Å². The Bertz CT molecular complexity index is 1260. The van der Waals surface area contributed by atoms with Crippen LogP contribution in [0.1, 0.15) is 71.7 Å². The zero-order valence-corrected chi connectivity index (χ0v) is 22.0. The van der Waals surface area contributed by atoms with Gasteiger partial charge in [-0.25, -0.2) is 5.01 Å². The normalized spacial score (nSPS) is 13.0. The van der Waals surface area contributed by atoms with E-state index in [0.29, 0.717) is 41.5 Å². The van der Waals surface area contributed by atoms with Crippen LogP contribution >= 0.6 is 0 Å². The van der Waals surface area contributed by atoms with Crippen LogP contribution in [0.5, 0.6) is 11.5 Å². The van der Waals surface area contributed by atoms with Crippen molar-refractivity contribution in [3.63, 3.8) is 0 Å². The predicted molar refractivity (Wildman–Crippen MR) is 148 cm³/mol. The van der Waals surface area contributed by atoms with Gasteiger partial charge in [0.2, 0.25) is 0 Å². The van der Waals surface area contributed by atoms with Crippen LogP contribution in [0.3, 0.4) is 0 Å². The van der Waals surface area contributed by atoms with E-state index in [0.717, 1.165) is 37.0 Å². The molecule has 8 nitrogen and oxygen atoms in total. The van der Waals surface area contributed by atoms with Crippen LogP contribution in [0.15, 0.2) is 72.1 Å². The molecule has 0 spiro atoms. The summed E-state index contributed by atoms with van der Waals surface area (Å²) in [6.07, 6.45) is 9.21. The van der Waals surface area contributed by atoms with Gasteiger partial charge in [-0.2, -0.15) is 5.10 Å². The molecule has 1 N–H and O–H groups in total. The van der Waals surface area contributed by atoms with Crippen LogP contribution in [0.25, 0.3) is 0 Å². The van der Waals surface area contributed by atoms with Gasteiger partial charge in [0.05, 0.1) is 25.0 Å². The van der Waals surface area contributed by atoms with Gasteiger partial charge in [-0.05, 0) is 73.9 Å². The summed E-state index contributed by atoms with van der Waals surface area (Å²) in [5.74, 6) is 0.931. The monoisotopic (exact) mass is 514 g/mol. The maximum absolute atomic E-state index is 13.2. The van der Waals surface area contributed by atoms with Crippen molar-refractivity contribution in [2.45, 2.75) is 45.4 Å². The Balaban J connectivity index is 1.43. The number of carbonyl (C=O) groups is 2. The number of methoxy groups -OCH3 is 1. The summed E-state index contributed by atoms with van der Waals surface area (Å²) in [6.45, 7) is 3.36. The van der Waals surface area contributed by atoms with Gasteiger partial charge in [0.1, 0.15) is 0 Å². The van der Waals surface area contributed by atoms with Gasteiger partial charge in [-0.3, -0.25) is 14.6 Å². The van der Waals surface area contributed by atoms with Gasteiger partial charge >= 0.3 is 0 Å². The number of hydrogen-bond donors (Lipinski definition) is 1. The molecule has 0 bridgehead atoms. The number of ether oxygens (including phenoxy) is 2. The third-order valence-electron chi connectivity index (χ3n) is 6.33. The van der Waals surface area contributed by atoms with Crippen molar-refractivity contribution in [1.29, 1.82) is 0 Å². The molecule has 8 heteroatoms. The fraction of sp³-hybridized carbons (Fsp3) is 0.333. The molecule has 0 aliphatic carbocycles. The largest absolute Gasteiger partial charge is 0.493 e. The smallest absolute Gasteiger partial charge is 0.273 e. The summed E-state index contributed by atoms with van der Waals surface area (Å²) in [5, 5.41) is 9.01. The minimum Gasteiger partial charge on any atom is -0.493 e. The van der Waals surface area contributed by atoms with Crippen molar-refractivity contribution < 1.29 is 19.1 Å². The number of hydrogen-bond acceptors (Lipinski definition) is 6. The van der Waals surface area contributed by atoms with Crippen LogP contribution in [0, 0.1) is 0 Å². The number of benzene rings is 2. The molecule has 38 heavy (non-hydrogen) atoms. The first-order valence-corrected chi connectivity index (χ1v) is 13.1. The minimum atomic E-state index is -0.258. The average molecular weight is 515 g/mol. The predicted octanol–water partition coefficient (Wildman–Crippen LogP) is 5.94. The highest BCUT2D eigenvalue weighted by Crippen LogP contribution is 2.30. The number of rotatable bonds is 11. The van der Waals surface area contributed by atoms with E-state index in [1.165, 1.54) is 24.0 Å². The van der Waals surface area contributed by atoms with Crippen LogP contribution in [0.4, 0.5) is 5.69 Å².